The van der Waals surface area contributed by atoms with Crippen LogP contribution in [0.2, 0.25) is 5.02 Å². The van der Waals surface area contributed by atoms with Crippen molar-refractivity contribution in [3.63, 3.8) is 0 Å². The number of hydrogen-bond donors (Lipinski definition) is 2. The number of halogens is 1. The van der Waals surface area contributed by atoms with Crippen LogP contribution in [0, 0.1) is 5.41 Å². The summed E-state index contributed by atoms with van der Waals surface area (Å²) in [5.74, 6) is -1.12. The van der Waals surface area contributed by atoms with Gasteiger partial charge in [-0.15, -0.1) is 11.8 Å². The van der Waals surface area contributed by atoms with Crippen LogP contribution in [0.15, 0.2) is 29.2 Å². The first-order valence-corrected chi connectivity index (χ1v) is 7.41. The fourth-order valence-corrected chi connectivity index (χ4v) is 2.32. The van der Waals surface area contributed by atoms with E-state index in [-0.39, 0.29) is 17.7 Å². The van der Waals surface area contributed by atoms with Crippen LogP contribution in [0.5, 0.6) is 0 Å². The number of amides is 1. The number of carboxylic acid groups (broad SMARTS) is 1. The van der Waals surface area contributed by atoms with Gasteiger partial charge in [-0.1, -0.05) is 11.6 Å². The maximum absolute atomic E-state index is 11.9. The zero-order valence-corrected chi connectivity index (χ0v) is 13.2. The highest BCUT2D eigenvalue weighted by Crippen LogP contribution is 2.25. The summed E-state index contributed by atoms with van der Waals surface area (Å²) in [6.45, 7) is 5.04. The summed E-state index contributed by atoms with van der Waals surface area (Å²) in [5.41, 5.74) is -0.972. The first-order valence-electron chi connectivity index (χ1n) is 6.16. The lowest BCUT2D eigenvalue weighted by atomic mass is 9.94. The molecule has 0 aliphatic carbocycles. The standard InChI is InChI=1S/C14H18ClNO3S/c1-9(20-11-6-4-10(15)5-7-11)12(17)16-8-14(2,3)13(18)19/h4-7,9H,8H2,1-3H3,(H,16,17)(H,18,19). The normalized spacial score (nSPS) is 12.8. The molecule has 0 heterocycles. The van der Waals surface area contributed by atoms with Crippen molar-refractivity contribution in [3.05, 3.63) is 29.3 Å². The molecule has 1 unspecified atom stereocenters. The van der Waals surface area contributed by atoms with Crippen LogP contribution in [0.25, 0.3) is 0 Å². The molecule has 0 aromatic heterocycles. The van der Waals surface area contributed by atoms with Gasteiger partial charge in [-0.3, -0.25) is 9.59 Å². The van der Waals surface area contributed by atoms with Gasteiger partial charge in [-0.25, -0.2) is 0 Å². The van der Waals surface area contributed by atoms with E-state index in [0.717, 1.165) is 4.90 Å². The van der Waals surface area contributed by atoms with Crippen molar-refractivity contribution in [3.8, 4) is 0 Å². The molecule has 0 bridgehead atoms. The number of rotatable bonds is 6. The molecular weight excluding hydrogens is 298 g/mol. The maximum atomic E-state index is 11.9. The molecule has 0 radical (unpaired) electrons. The van der Waals surface area contributed by atoms with Crippen molar-refractivity contribution in [1.82, 2.24) is 5.32 Å². The summed E-state index contributed by atoms with van der Waals surface area (Å²) in [6, 6.07) is 7.22. The second kappa shape index (κ2) is 6.99. The Bertz CT molecular complexity index is 488. The predicted molar refractivity (Wildman–Crippen MR) is 81.2 cm³/mol. The number of carbonyl (C=O) groups is 2. The van der Waals surface area contributed by atoms with Crippen LogP contribution >= 0.6 is 23.4 Å². The summed E-state index contributed by atoms with van der Waals surface area (Å²) < 4.78 is 0. The van der Waals surface area contributed by atoms with Gasteiger partial charge >= 0.3 is 5.97 Å². The maximum Gasteiger partial charge on any atom is 0.310 e. The molecule has 0 spiro atoms. The van der Waals surface area contributed by atoms with E-state index in [1.54, 1.807) is 32.9 Å². The number of nitrogens with one attached hydrogen (secondary N) is 1. The lowest BCUT2D eigenvalue weighted by Crippen LogP contribution is -2.41. The van der Waals surface area contributed by atoms with Gasteiger partial charge in [0.15, 0.2) is 0 Å². The minimum Gasteiger partial charge on any atom is -0.481 e. The third-order valence-corrected chi connectivity index (χ3v) is 4.14. The van der Waals surface area contributed by atoms with E-state index in [1.165, 1.54) is 11.8 Å². The molecule has 1 atom stereocenters. The Hall–Kier alpha value is -1.20. The molecule has 1 amide bonds. The van der Waals surface area contributed by atoms with E-state index >= 15 is 0 Å². The largest absolute Gasteiger partial charge is 0.481 e. The topological polar surface area (TPSA) is 66.4 Å². The second-order valence-electron chi connectivity index (χ2n) is 5.12. The number of hydrogen-bond acceptors (Lipinski definition) is 3. The molecule has 0 saturated heterocycles. The molecule has 0 aliphatic rings. The van der Waals surface area contributed by atoms with Gasteiger partial charge in [0.2, 0.25) is 5.91 Å². The molecule has 4 nitrogen and oxygen atoms in total. The lowest BCUT2D eigenvalue weighted by molar-refractivity contribution is -0.146. The molecule has 2 N–H and O–H groups in total. The number of carboxylic acids is 1. The van der Waals surface area contributed by atoms with E-state index in [0.29, 0.717) is 5.02 Å². The average Bonchev–Trinajstić information content (AvgIpc) is 2.38. The highest BCUT2D eigenvalue weighted by molar-refractivity contribution is 8.00. The van der Waals surface area contributed by atoms with Crippen molar-refractivity contribution < 1.29 is 14.7 Å². The van der Waals surface area contributed by atoms with Gasteiger partial charge in [-0.05, 0) is 45.0 Å². The van der Waals surface area contributed by atoms with Gasteiger partial charge in [0, 0.05) is 16.5 Å². The number of carbonyl (C=O) groups excluding carboxylic acids is 1. The smallest absolute Gasteiger partial charge is 0.310 e. The monoisotopic (exact) mass is 315 g/mol. The molecule has 0 aliphatic heterocycles. The van der Waals surface area contributed by atoms with E-state index in [1.807, 2.05) is 12.1 Å². The molecule has 1 aromatic carbocycles. The summed E-state index contributed by atoms with van der Waals surface area (Å²) in [4.78, 5) is 23.8. The van der Waals surface area contributed by atoms with Crippen LogP contribution in [-0.4, -0.2) is 28.8 Å². The average molecular weight is 316 g/mol. The van der Waals surface area contributed by atoms with Gasteiger partial charge in [-0.2, -0.15) is 0 Å². The Balaban J connectivity index is 2.51. The van der Waals surface area contributed by atoms with Crippen molar-refractivity contribution in [2.75, 3.05) is 6.54 Å². The van der Waals surface area contributed by atoms with Gasteiger partial charge < -0.3 is 10.4 Å². The molecule has 1 rings (SSSR count). The van der Waals surface area contributed by atoms with Crippen LogP contribution in [0.1, 0.15) is 20.8 Å². The first-order chi connectivity index (χ1) is 9.22. The van der Waals surface area contributed by atoms with E-state index in [9.17, 15) is 9.59 Å². The third-order valence-electron chi connectivity index (χ3n) is 2.78. The van der Waals surface area contributed by atoms with Crippen molar-refractivity contribution in [1.29, 1.82) is 0 Å². The Morgan fingerprint density at radius 2 is 1.90 bits per heavy atom. The Labute approximate surface area is 127 Å². The summed E-state index contributed by atoms with van der Waals surface area (Å²) in [6.07, 6.45) is 0. The molecular formula is C14H18ClNO3S. The summed E-state index contributed by atoms with van der Waals surface area (Å²) >= 11 is 7.20. The second-order valence-corrected chi connectivity index (χ2v) is 6.97. The van der Waals surface area contributed by atoms with Crippen LogP contribution in [-0.2, 0) is 9.59 Å². The molecule has 0 saturated carbocycles. The number of thioether (sulfide) groups is 1. The van der Waals surface area contributed by atoms with Gasteiger partial charge in [0.25, 0.3) is 0 Å². The van der Waals surface area contributed by atoms with E-state index in [2.05, 4.69) is 5.32 Å². The fraction of sp³-hybridized carbons (Fsp3) is 0.429. The zero-order valence-electron chi connectivity index (χ0n) is 11.6. The minimum absolute atomic E-state index is 0.104. The summed E-state index contributed by atoms with van der Waals surface area (Å²) in [5, 5.41) is 12.0. The van der Waals surface area contributed by atoms with Crippen LogP contribution in [0.4, 0.5) is 0 Å². The number of benzene rings is 1. The fourth-order valence-electron chi connectivity index (χ4n) is 1.30. The number of aliphatic carboxylic acids is 1. The summed E-state index contributed by atoms with van der Waals surface area (Å²) in [7, 11) is 0. The van der Waals surface area contributed by atoms with Gasteiger partial charge in [0.05, 0.1) is 10.7 Å². The Morgan fingerprint density at radius 3 is 2.40 bits per heavy atom. The third kappa shape index (κ3) is 5.06. The zero-order chi connectivity index (χ0) is 15.3. The highest BCUT2D eigenvalue weighted by Gasteiger charge is 2.28. The highest BCUT2D eigenvalue weighted by atomic mass is 35.5. The molecule has 6 heteroatoms. The molecule has 1 aromatic rings. The predicted octanol–water partition coefficient (Wildman–Crippen LogP) is 3.05. The quantitative estimate of drug-likeness (QED) is 0.792. The van der Waals surface area contributed by atoms with E-state index < -0.39 is 11.4 Å². The lowest BCUT2D eigenvalue weighted by Gasteiger charge is -2.21. The molecule has 20 heavy (non-hydrogen) atoms. The first kappa shape index (κ1) is 16.9. The van der Waals surface area contributed by atoms with Gasteiger partial charge in [0.1, 0.15) is 0 Å². The van der Waals surface area contributed by atoms with E-state index in [4.69, 9.17) is 16.7 Å². The SMILES string of the molecule is CC(Sc1ccc(Cl)cc1)C(=O)NCC(C)(C)C(=O)O. The Morgan fingerprint density at radius 1 is 1.35 bits per heavy atom. The van der Waals surface area contributed by atoms with Crippen molar-refractivity contribution in [2.24, 2.45) is 5.41 Å². The molecule has 110 valence electrons. The molecule has 0 fully saturated rings. The Kier molecular flexibility index (Phi) is 5.89. The van der Waals surface area contributed by atoms with Crippen molar-refractivity contribution >= 4 is 35.2 Å². The van der Waals surface area contributed by atoms with Crippen LogP contribution in [0.3, 0.4) is 0 Å². The van der Waals surface area contributed by atoms with Crippen molar-refractivity contribution in [2.45, 2.75) is 30.9 Å². The minimum atomic E-state index is -0.972. The van der Waals surface area contributed by atoms with Crippen LogP contribution < -0.4 is 5.32 Å².